The monoisotopic (exact) mass is 403 g/mol. The lowest BCUT2D eigenvalue weighted by Crippen LogP contribution is -2.49. The van der Waals surface area contributed by atoms with Crippen LogP contribution < -0.4 is 4.90 Å². The Kier molecular flexibility index (Phi) is 7.05. The predicted molar refractivity (Wildman–Crippen MR) is 115 cm³/mol. The van der Waals surface area contributed by atoms with Crippen molar-refractivity contribution in [3.63, 3.8) is 0 Å². The van der Waals surface area contributed by atoms with Crippen molar-refractivity contribution >= 4 is 35.0 Å². The Morgan fingerprint density at radius 3 is 2.37 bits per heavy atom. The van der Waals surface area contributed by atoms with Gasteiger partial charge in [0.25, 0.3) is 0 Å². The van der Waals surface area contributed by atoms with Gasteiger partial charge in [0.2, 0.25) is 5.91 Å². The minimum atomic E-state index is 0.162. The fraction of sp³-hybridized carbons (Fsp3) is 0.381. The van der Waals surface area contributed by atoms with Crippen LogP contribution in [-0.2, 0) is 11.3 Å². The van der Waals surface area contributed by atoms with Crippen molar-refractivity contribution in [2.75, 3.05) is 50.9 Å². The Bertz CT molecular complexity index is 760. The van der Waals surface area contributed by atoms with Gasteiger partial charge in [-0.1, -0.05) is 35.9 Å². The lowest BCUT2D eigenvalue weighted by molar-refractivity contribution is -0.131. The van der Waals surface area contributed by atoms with E-state index in [0.29, 0.717) is 13.1 Å². The Labute approximate surface area is 171 Å². The molecule has 2 aromatic carbocycles. The predicted octanol–water partition coefficient (Wildman–Crippen LogP) is 3.84. The summed E-state index contributed by atoms with van der Waals surface area (Å²) in [5.41, 5.74) is 2.24. The SMILES string of the molecule is CSc1ccc(CN(C)C(=O)CN2CCN(c3ccccc3Cl)CC2)cc1. The molecule has 0 atom stereocenters. The van der Waals surface area contributed by atoms with E-state index in [1.54, 1.807) is 11.8 Å². The van der Waals surface area contributed by atoms with Crippen LogP contribution >= 0.6 is 23.4 Å². The van der Waals surface area contributed by atoms with Crippen LogP contribution in [0, 0.1) is 0 Å². The van der Waals surface area contributed by atoms with Gasteiger partial charge in [-0.15, -0.1) is 11.8 Å². The zero-order chi connectivity index (χ0) is 19.2. The maximum Gasteiger partial charge on any atom is 0.236 e. The van der Waals surface area contributed by atoms with E-state index in [1.165, 1.54) is 4.90 Å². The molecular formula is C21H26ClN3OS. The summed E-state index contributed by atoms with van der Waals surface area (Å²) >= 11 is 8.02. The van der Waals surface area contributed by atoms with Gasteiger partial charge in [-0.05, 0) is 36.1 Å². The number of thioether (sulfide) groups is 1. The van der Waals surface area contributed by atoms with Gasteiger partial charge in [0.05, 0.1) is 17.3 Å². The van der Waals surface area contributed by atoms with E-state index in [2.05, 4.69) is 46.4 Å². The molecular weight excluding hydrogens is 378 g/mol. The lowest BCUT2D eigenvalue weighted by atomic mass is 10.2. The molecule has 0 bridgehead atoms. The molecule has 6 heteroatoms. The average Bonchev–Trinajstić information content (AvgIpc) is 2.69. The number of piperazine rings is 1. The number of nitrogens with zero attached hydrogens (tertiary/aromatic N) is 3. The van der Waals surface area contributed by atoms with Crippen LogP contribution in [0.1, 0.15) is 5.56 Å². The molecule has 2 aromatic rings. The van der Waals surface area contributed by atoms with E-state index in [-0.39, 0.29) is 5.91 Å². The third-order valence-corrected chi connectivity index (χ3v) is 5.99. The molecule has 1 aliphatic rings. The number of hydrogen-bond acceptors (Lipinski definition) is 4. The number of para-hydroxylation sites is 1. The molecule has 144 valence electrons. The van der Waals surface area contributed by atoms with Crippen molar-refractivity contribution < 1.29 is 4.79 Å². The van der Waals surface area contributed by atoms with E-state index >= 15 is 0 Å². The van der Waals surface area contributed by atoms with Crippen LogP contribution in [0.2, 0.25) is 5.02 Å². The Balaban J connectivity index is 1.47. The molecule has 0 aromatic heterocycles. The summed E-state index contributed by atoms with van der Waals surface area (Å²) in [5.74, 6) is 0.162. The Morgan fingerprint density at radius 1 is 1.07 bits per heavy atom. The second kappa shape index (κ2) is 9.49. The summed E-state index contributed by atoms with van der Waals surface area (Å²) in [5, 5.41) is 0.786. The Morgan fingerprint density at radius 2 is 1.74 bits per heavy atom. The summed E-state index contributed by atoms with van der Waals surface area (Å²) in [6.07, 6.45) is 2.07. The topological polar surface area (TPSA) is 26.8 Å². The maximum absolute atomic E-state index is 12.6. The van der Waals surface area contributed by atoms with Gasteiger partial charge in [0.1, 0.15) is 0 Å². The highest BCUT2D eigenvalue weighted by Crippen LogP contribution is 2.26. The van der Waals surface area contributed by atoms with Crippen LogP contribution in [0.3, 0.4) is 0 Å². The van der Waals surface area contributed by atoms with E-state index in [4.69, 9.17) is 11.6 Å². The second-order valence-electron chi connectivity index (χ2n) is 6.81. The van der Waals surface area contributed by atoms with Gasteiger partial charge in [-0.25, -0.2) is 0 Å². The van der Waals surface area contributed by atoms with Gasteiger partial charge in [0.15, 0.2) is 0 Å². The van der Waals surface area contributed by atoms with Gasteiger partial charge < -0.3 is 9.80 Å². The summed E-state index contributed by atoms with van der Waals surface area (Å²) in [4.78, 5) is 20.2. The van der Waals surface area contributed by atoms with E-state index < -0.39 is 0 Å². The van der Waals surface area contributed by atoms with Crippen molar-refractivity contribution in [1.82, 2.24) is 9.80 Å². The van der Waals surface area contributed by atoms with E-state index in [9.17, 15) is 4.79 Å². The van der Waals surface area contributed by atoms with Crippen molar-refractivity contribution in [3.8, 4) is 0 Å². The fourth-order valence-corrected chi connectivity index (χ4v) is 3.92. The van der Waals surface area contributed by atoms with Crippen LogP contribution in [0.25, 0.3) is 0 Å². The molecule has 1 saturated heterocycles. The quantitative estimate of drug-likeness (QED) is 0.684. The first-order chi connectivity index (χ1) is 13.1. The number of carbonyl (C=O) groups is 1. The number of amides is 1. The van der Waals surface area contributed by atoms with Crippen molar-refractivity contribution in [2.24, 2.45) is 0 Å². The Hall–Kier alpha value is -1.69. The van der Waals surface area contributed by atoms with Crippen LogP contribution in [-0.4, -0.2) is 61.7 Å². The van der Waals surface area contributed by atoms with Crippen LogP contribution in [0.5, 0.6) is 0 Å². The number of carbonyl (C=O) groups excluding carboxylic acids is 1. The first kappa shape index (κ1) is 20.1. The molecule has 0 N–H and O–H groups in total. The molecule has 3 rings (SSSR count). The molecule has 4 nitrogen and oxygen atoms in total. The number of likely N-dealkylation sites (N-methyl/N-ethyl adjacent to an activating group) is 1. The largest absolute Gasteiger partial charge is 0.368 e. The molecule has 0 aliphatic carbocycles. The fourth-order valence-electron chi connectivity index (χ4n) is 3.26. The first-order valence-corrected chi connectivity index (χ1v) is 10.8. The van der Waals surface area contributed by atoms with Crippen molar-refractivity contribution in [3.05, 3.63) is 59.1 Å². The first-order valence-electron chi connectivity index (χ1n) is 9.15. The lowest BCUT2D eigenvalue weighted by Gasteiger charge is -2.36. The third kappa shape index (κ3) is 5.41. The highest BCUT2D eigenvalue weighted by molar-refractivity contribution is 7.98. The number of hydrogen-bond donors (Lipinski definition) is 0. The zero-order valence-corrected chi connectivity index (χ0v) is 17.5. The number of halogens is 1. The molecule has 1 aliphatic heterocycles. The van der Waals surface area contributed by atoms with Gasteiger partial charge >= 0.3 is 0 Å². The minimum absolute atomic E-state index is 0.162. The summed E-state index contributed by atoms with van der Waals surface area (Å²) < 4.78 is 0. The van der Waals surface area contributed by atoms with Crippen molar-refractivity contribution in [1.29, 1.82) is 0 Å². The number of anilines is 1. The molecule has 0 radical (unpaired) electrons. The van der Waals surface area contributed by atoms with Gasteiger partial charge in [0, 0.05) is 44.7 Å². The van der Waals surface area contributed by atoms with Crippen molar-refractivity contribution in [2.45, 2.75) is 11.4 Å². The molecule has 1 heterocycles. The van der Waals surface area contributed by atoms with Crippen LogP contribution in [0.15, 0.2) is 53.4 Å². The van der Waals surface area contributed by atoms with E-state index in [0.717, 1.165) is 42.5 Å². The molecule has 0 spiro atoms. The molecule has 0 saturated carbocycles. The highest BCUT2D eigenvalue weighted by atomic mass is 35.5. The van der Waals surface area contributed by atoms with Gasteiger partial charge in [-0.3, -0.25) is 9.69 Å². The molecule has 0 unspecified atom stereocenters. The van der Waals surface area contributed by atoms with E-state index in [1.807, 2.05) is 30.1 Å². The molecule has 1 amide bonds. The number of benzene rings is 2. The maximum atomic E-state index is 12.6. The normalized spacial score (nSPS) is 15.0. The smallest absolute Gasteiger partial charge is 0.236 e. The number of rotatable bonds is 6. The minimum Gasteiger partial charge on any atom is -0.368 e. The average molecular weight is 404 g/mol. The zero-order valence-electron chi connectivity index (χ0n) is 15.9. The van der Waals surface area contributed by atoms with Gasteiger partial charge in [-0.2, -0.15) is 0 Å². The molecule has 1 fully saturated rings. The summed E-state index contributed by atoms with van der Waals surface area (Å²) in [7, 11) is 1.88. The summed E-state index contributed by atoms with van der Waals surface area (Å²) in [6.45, 7) is 4.62. The van der Waals surface area contributed by atoms with Crippen LogP contribution in [0.4, 0.5) is 5.69 Å². The molecule has 27 heavy (non-hydrogen) atoms. The summed E-state index contributed by atoms with van der Waals surface area (Å²) in [6, 6.07) is 16.3. The third-order valence-electron chi connectivity index (χ3n) is 4.93. The highest BCUT2D eigenvalue weighted by Gasteiger charge is 2.21. The second-order valence-corrected chi connectivity index (χ2v) is 8.10. The standard InChI is InChI=1S/C21H26ClN3OS/c1-23(15-17-7-9-18(27-2)10-8-17)21(26)16-24-11-13-25(14-12-24)20-6-4-3-5-19(20)22/h3-10H,11-16H2,1-2H3.